The largest absolute Gasteiger partial charge is 0.502 e. The summed E-state index contributed by atoms with van der Waals surface area (Å²) in [4.78, 5) is 25.3. The first-order valence-corrected chi connectivity index (χ1v) is 8.64. The van der Waals surface area contributed by atoms with Crippen molar-refractivity contribution in [2.75, 3.05) is 21.3 Å². The van der Waals surface area contributed by atoms with Crippen LogP contribution in [-0.4, -0.2) is 49.6 Å². The summed E-state index contributed by atoms with van der Waals surface area (Å²) < 4.78 is 15.3. The van der Waals surface area contributed by atoms with Gasteiger partial charge in [-0.1, -0.05) is 12.1 Å². The number of carbonyl (C=O) groups is 2. The van der Waals surface area contributed by atoms with Gasteiger partial charge in [0.2, 0.25) is 5.75 Å². The number of rotatable bonds is 6. The van der Waals surface area contributed by atoms with Crippen molar-refractivity contribution in [1.29, 1.82) is 0 Å². The molecule has 2 N–H and O–H groups in total. The molecule has 2 aromatic rings. The van der Waals surface area contributed by atoms with Gasteiger partial charge in [0.1, 0.15) is 11.3 Å². The number of nitrogens with one attached hydrogen (secondary N) is 1. The van der Waals surface area contributed by atoms with Crippen LogP contribution in [0.5, 0.6) is 23.0 Å². The van der Waals surface area contributed by atoms with E-state index in [1.165, 1.54) is 32.6 Å². The maximum atomic E-state index is 12.9. The molecule has 3 amide bonds. The van der Waals surface area contributed by atoms with Gasteiger partial charge in [-0.25, -0.2) is 4.79 Å². The van der Waals surface area contributed by atoms with Crippen molar-refractivity contribution in [3.63, 3.8) is 0 Å². The summed E-state index contributed by atoms with van der Waals surface area (Å²) in [6, 6.07) is 9.19. The van der Waals surface area contributed by atoms with Crippen LogP contribution in [0.25, 0.3) is 0 Å². The lowest BCUT2D eigenvalue weighted by molar-refractivity contribution is -0.131. The fraction of sp³-hybridized carbons (Fsp3) is 0.250. The Labute approximate surface area is 167 Å². The molecule has 3 rings (SSSR count). The van der Waals surface area contributed by atoms with E-state index in [4.69, 9.17) is 14.2 Å². The molecule has 1 saturated heterocycles. The Morgan fingerprint density at radius 1 is 1.03 bits per heavy atom. The molecule has 29 heavy (non-hydrogen) atoms. The van der Waals surface area contributed by atoms with Gasteiger partial charge in [-0.2, -0.15) is 5.10 Å². The molecule has 0 bridgehead atoms. The minimum absolute atomic E-state index is 0.158. The topological polar surface area (TPSA) is 110 Å². The van der Waals surface area contributed by atoms with Gasteiger partial charge in [0.25, 0.3) is 5.91 Å². The van der Waals surface area contributed by atoms with Gasteiger partial charge in [0, 0.05) is 5.56 Å². The molecule has 0 unspecified atom stereocenters. The molecule has 1 aliphatic rings. The molecule has 0 aromatic heterocycles. The third kappa shape index (κ3) is 3.54. The highest BCUT2D eigenvalue weighted by molar-refractivity contribution is 6.07. The van der Waals surface area contributed by atoms with Crippen molar-refractivity contribution < 1.29 is 28.9 Å². The van der Waals surface area contributed by atoms with Crippen LogP contribution in [-0.2, 0) is 10.3 Å². The van der Waals surface area contributed by atoms with Crippen molar-refractivity contribution in [3.05, 3.63) is 47.5 Å². The van der Waals surface area contributed by atoms with E-state index in [1.54, 1.807) is 38.3 Å². The molecule has 9 nitrogen and oxygen atoms in total. The molecule has 0 spiro atoms. The predicted octanol–water partition coefficient (Wildman–Crippen LogP) is 2.22. The first kappa shape index (κ1) is 20.0. The molecular formula is C20H21N3O6. The Morgan fingerprint density at radius 2 is 1.62 bits per heavy atom. The number of carbonyl (C=O) groups excluding carboxylic acids is 2. The van der Waals surface area contributed by atoms with E-state index in [2.05, 4.69) is 10.4 Å². The summed E-state index contributed by atoms with van der Waals surface area (Å²) in [5, 5.41) is 17.4. The first-order chi connectivity index (χ1) is 13.8. The molecule has 1 heterocycles. The molecule has 0 radical (unpaired) electrons. The number of amides is 3. The Morgan fingerprint density at radius 3 is 2.14 bits per heavy atom. The Bertz CT molecular complexity index is 948. The average molecular weight is 399 g/mol. The molecule has 0 saturated carbocycles. The fourth-order valence-electron chi connectivity index (χ4n) is 2.96. The number of urea groups is 1. The number of phenolic OH excluding ortho intramolecular Hbond substituents is 1. The van der Waals surface area contributed by atoms with Gasteiger partial charge in [0.15, 0.2) is 11.5 Å². The summed E-state index contributed by atoms with van der Waals surface area (Å²) in [6.45, 7) is 1.61. The van der Waals surface area contributed by atoms with Crippen molar-refractivity contribution in [1.82, 2.24) is 10.3 Å². The van der Waals surface area contributed by atoms with Gasteiger partial charge < -0.3 is 24.6 Å². The van der Waals surface area contributed by atoms with Crippen molar-refractivity contribution in [2.24, 2.45) is 5.10 Å². The molecular weight excluding hydrogens is 378 g/mol. The van der Waals surface area contributed by atoms with Crippen LogP contribution in [0, 0.1) is 0 Å². The normalized spacial score (nSPS) is 18.8. The number of imide groups is 1. The number of methoxy groups -OCH3 is 3. The first-order valence-electron chi connectivity index (χ1n) is 8.64. The quantitative estimate of drug-likeness (QED) is 0.569. The highest BCUT2D eigenvalue weighted by atomic mass is 16.5. The van der Waals surface area contributed by atoms with Crippen LogP contribution >= 0.6 is 0 Å². The lowest BCUT2D eigenvalue weighted by Crippen LogP contribution is -2.40. The van der Waals surface area contributed by atoms with Crippen LogP contribution in [0.1, 0.15) is 18.1 Å². The second-order valence-corrected chi connectivity index (χ2v) is 6.42. The molecule has 152 valence electrons. The molecule has 1 atom stereocenters. The summed E-state index contributed by atoms with van der Waals surface area (Å²) in [5.41, 5.74) is -0.192. The summed E-state index contributed by atoms with van der Waals surface area (Å²) >= 11 is 0. The number of aromatic hydroxyl groups is 1. The van der Waals surface area contributed by atoms with Crippen molar-refractivity contribution in [2.45, 2.75) is 12.5 Å². The second-order valence-electron chi connectivity index (χ2n) is 6.42. The monoisotopic (exact) mass is 399 g/mol. The Hall–Kier alpha value is -3.75. The molecule has 9 heteroatoms. The zero-order chi connectivity index (χ0) is 21.2. The van der Waals surface area contributed by atoms with Gasteiger partial charge in [-0.3, -0.25) is 4.79 Å². The van der Waals surface area contributed by atoms with E-state index in [1.807, 2.05) is 0 Å². The van der Waals surface area contributed by atoms with Gasteiger partial charge in [-0.05, 0) is 36.8 Å². The fourth-order valence-corrected chi connectivity index (χ4v) is 2.96. The lowest BCUT2D eigenvalue weighted by Gasteiger charge is -2.21. The van der Waals surface area contributed by atoms with E-state index >= 15 is 0 Å². The van der Waals surface area contributed by atoms with E-state index in [-0.39, 0.29) is 17.2 Å². The zero-order valence-corrected chi connectivity index (χ0v) is 16.4. The van der Waals surface area contributed by atoms with Crippen LogP contribution < -0.4 is 19.5 Å². The summed E-state index contributed by atoms with van der Waals surface area (Å²) in [5.74, 6) is 0.298. The Balaban J connectivity index is 1.88. The summed E-state index contributed by atoms with van der Waals surface area (Å²) in [7, 11) is 4.34. The van der Waals surface area contributed by atoms with E-state index in [9.17, 15) is 14.7 Å². The maximum absolute atomic E-state index is 12.9. The van der Waals surface area contributed by atoms with Crippen molar-refractivity contribution in [3.8, 4) is 23.0 Å². The highest BCUT2D eigenvalue weighted by Gasteiger charge is 2.49. The van der Waals surface area contributed by atoms with E-state index in [0.29, 0.717) is 16.9 Å². The predicted molar refractivity (Wildman–Crippen MR) is 105 cm³/mol. The van der Waals surface area contributed by atoms with E-state index < -0.39 is 17.5 Å². The minimum Gasteiger partial charge on any atom is -0.502 e. The van der Waals surface area contributed by atoms with Crippen LogP contribution in [0.4, 0.5) is 4.79 Å². The molecule has 1 aliphatic heterocycles. The SMILES string of the molecule is COc1ccc([C@]2(C)NC(=O)N(/N=C/c3cc(OC)c(O)c(OC)c3)C2=O)cc1. The van der Waals surface area contributed by atoms with Crippen LogP contribution in [0.2, 0.25) is 0 Å². The number of nitrogens with zero attached hydrogens (tertiary/aromatic N) is 2. The standard InChI is InChI=1S/C20H21N3O6/c1-20(13-5-7-14(27-2)8-6-13)18(25)23(19(26)22-20)21-11-12-9-15(28-3)17(24)16(10-12)29-4/h5-11,24H,1-4H3,(H,22,26)/b21-11+/t20-/m0/s1. The van der Waals surface area contributed by atoms with Crippen LogP contribution in [0.15, 0.2) is 41.5 Å². The zero-order valence-electron chi connectivity index (χ0n) is 16.4. The number of hydrogen-bond donors (Lipinski definition) is 2. The minimum atomic E-state index is -1.26. The third-order valence-electron chi connectivity index (χ3n) is 4.66. The molecule has 1 fully saturated rings. The van der Waals surface area contributed by atoms with Crippen molar-refractivity contribution >= 4 is 18.2 Å². The van der Waals surface area contributed by atoms with Gasteiger partial charge in [0.05, 0.1) is 27.5 Å². The second kappa shape index (κ2) is 7.70. The number of ether oxygens (including phenoxy) is 3. The van der Waals surface area contributed by atoms with E-state index in [0.717, 1.165) is 5.01 Å². The number of phenols is 1. The smallest absolute Gasteiger partial charge is 0.346 e. The number of hydrogen-bond acceptors (Lipinski definition) is 7. The lowest BCUT2D eigenvalue weighted by atomic mass is 9.92. The average Bonchev–Trinajstić information content (AvgIpc) is 2.96. The number of benzene rings is 2. The number of hydrazone groups is 1. The maximum Gasteiger partial charge on any atom is 0.346 e. The van der Waals surface area contributed by atoms with Crippen LogP contribution in [0.3, 0.4) is 0 Å². The highest BCUT2D eigenvalue weighted by Crippen LogP contribution is 2.37. The third-order valence-corrected chi connectivity index (χ3v) is 4.66. The Kier molecular flexibility index (Phi) is 5.31. The summed E-state index contributed by atoms with van der Waals surface area (Å²) in [6.07, 6.45) is 1.31. The molecule has 2 aromatic carbocycles. The molecule has 0 aliphatic carbocycles. The van der Waals surface area contributed by atoms with Gasteiger partial charge >= 0.3 is 6.03 Å². The van der Waals surface area contributed by atoms with Gasteiger partial charge in [-0.15, -0.1) is 5.01 Å².